The number of rotatable bonds is 2. The molecular weight excluding hydrogens is 267 g/mol. The van der Waals surface area contributed by atoms with E-state index in [1.54, 1.807) is 0 Å². The van der Waals surface area contributed by atoms with Crippen molar-refractivity contribution in [1.82, 2.24) is 0 Å². The van der Waals surface area contributed by atoms with E-state index in [4.69, 9.17) is 15.4 Å². The summed E-state index contributed by atoms with van der Waals surface area (Å²) in [5.74, 6) is 0. The highest BCUT2D eigenvalue weighted by atomic mass is 35.7. The Morgan fingerprint density at radius 3 is 2.18 bits per heavy atom. The first-order chi connectivity index (χ1) is 7.92. The summed E-state index contributed by atoms with van der Waals surface area (Å²) in [6.45, 7) is 0.762. The van der Waals surface area contributed by atoms with Gasteiger partial charge in [0.15, 0.2) is 0 Å². The number of ether oxygens (including phenoxy) is 1. The number of hydrogen-bond acceptors (Lipinski definition) is 3. The molecule has 0 unspecified atom stereocenters. The summed E-state index contributed by atoms with van der Waals surface area (Å²) >= 11 is 0. The largest absolute Gasteiger partial charge is 0.381 e. The lowest BCUT2D eigenvalue weighted by Crippen LogP contribution is -2.29. The van der Waals surface area contributed by atoms with Gasteiger partial charge in [0, 0.05) is 36.7 Å². The van der Waals surface area contributed by atoms with Crippen molar-refractivity contribution in [2.45, 2.75) is 23.4 Å². The van der Waals surface area contributed by atoms with Gasteiger partial charge in [-0.05, 0) is 17.7 Å². The summed E-state index contributed by atoms with van der Waals surface area (Å²) < 4.78 is 41.7. The highest BCUT2D eigenvalue weighted by Gasteiger charge is 2.34. The van der Waals surface area contributed by atoms with E-state index < -0.39 is 14.7 Å². The van der Waals surface area contributed by atoms with E-state index in [-0.39, 0.29) is 4.90 Å². The fraction of sp³-hybridized carbons (Fsp3) is 0.455. The third kappa shape index (κ3) is 2.78. The topological polar surface area (TPSA) is 43.4 Å². The van der Waals surface area contributed by atoms with Gasteiger partial charge in [-0.25, -0.2) is 12.8 Å². The molecule has 0 N–H and O–H groups in total. The van der Waals surface area contributed by atoms with Crippen LogP contribution in [-0.4, -0.2) is 21.6 Å². The SMILES string of the molecule is O=S(=O)(Cl)c1ccc(C2(F)CCOCC2)cc1. The monoisotopic (exact) mass is 278 g/mol. The number of hydrogen-bond donors (Lipinski definition) is 0. The molecule has 1 fully saturated rings. The first-order valence-corrected chi connectivity index (χ1v) is 7.55. The molecule has 0 radical (unpaired) electrons. The minimum absolute atomic E-state index is 0.0152. The number of alkyl halides is 1. The molecule has 1 aliphatic rings. The predicted octanol–water partition coefficient (Wildman–Crippen LogP) is 2.59. The molecule has 0 aliphatic carbocycles. The van der Waals surface area contributed by atoms with Crippen molar-refractivity contribution in [2.24, 2.45) is 0 Å². The van der Waals surface area contributed by atoms with Gasteiger partial charge < -0.3 is 4.74 Å². The Morgan fingerprint density at radius 1 is 1.18 bits per heavy atom. The third-order valence-corrected chi connectivity index (χ3v) is 4.31. The van der Waals surface area contributed by atoms with E-state index in [2.05, 4.69) is 0 Å². The lowest BCUT2D eigenvalue weighted by Gasteiger charge is -2.29. The maximum absolute atomic E-state index is 14.5. The van der Waals surface area contributed by atoms with Gasteiger partial charge in [0.1, 0.15) is 5.67 Å². The van der Waals surface area contributed by atoms with Crippen LogP contribution in [0.5, 0.6) is 0 Å². The van der Waals surface area contributed by atoms with Crippen molar-refractivity contribution in [3.63, 3.8) is 0 Å². The van der Waals surface area contributed by atoms with E-state index >= 15 is 0 Å². The normalized spacial score (nSPS) is 20.1. The Kier molecular flexibility index (Phi) is 3.43. The van der Waals surface area contributed by atoms with Crippen LogP contribution < -0.4 is 0 Å². The molecule has 6 heteroatoms. The minimum atomic E-state index is -3.75. The van der Waals surface area contributed by atoms with Crippen molar-refractivity contribution in [3.8, 4) is 0 Å². The van der Waals surface area contributed by atoms with Crippen molar-refractivity contribution in [3.05, 3.63) is 29.8 Å². The second-order valence-electron chi connectivity index (χ2n) is 4.04. The van der Waals surface area contributed by atoms with Gasteiger partial charge in [0.2, 0.25) is 0 Å². The van der Waals surface area contributed by atoms with Gasteiger partial charge in [0.25, 0.3) is 9.05 Å². The zero-order chi connectivity index (χ0) is 12.5. The van der Waals surface area contributed by atoms with Gasteiger partial charge in [-0.3, -0.25) is 0 Å². The minimum Gasteiger partial charge on any atom is -0.381 e. The molecule has 0 spiro atoms. The molecule has 1 aromatic rings. The summed E-state index contributed by atoms with van der Waals surface area (Å²) in [6.07, 6.45) is 0.583. The van der Waals surface area contributed by atoms with E-state index in [9.17, 15) is 12.8 Å². The lowest BCUT2D eigenvalue weighted by atomic mass is 9.88. The first kappa shape index (κ1) is 12.8. The zero-order valence-corrected chi connectivity index (χ0v) is 10.6. The van der Waals surface area contributed by atoms with Crippen LogP contribution in [0.25, 0.3) is 0 Å². The molecule has 17 heavy (non-hydrogen) atoms. The Morgan fingerprint density at radius 2 is 1.71 bits per heavy atom. The van der Waals surface area contributed by atoms with Crippen LogP contribution in [0.2, 0.25) is 0 Å². The lowest BCUT2D eigenvalue weighted by molar-refractivity contribution is -0.0115. The predicted molar refractivity (Wildman–Crippen MR) is 62.3 cm³/mol. The standard InChI is InChI=1S/C11H12ClFO3S/c12-17(14,15)10-3-1-9(2-4-10)11(13)5-7-16-8-6-11/h1-4H,5-8H2. The average Bonchev–Trinajstić information content (AvgIpc) is 2.29. The first-order valence-electron chi connectivity index (χ1n) is 5.24. The van der Waals surface area contributed by atoms with Crippen LogP contribution in [0.1, 0.15) is 18.4 Å². The summed E-state index contributed by atoms with van der Waals surface area (Å²) in [5, 5.41) is 0. The van der Waals surface area contributed by atoms with Crippen LogP contribution in [-0.2, 0) is 19.5 Å². The maximum atomic E-state index is 14.5. The second kappa shape index (κ2) is 4.55. The highest BCUT2D eigenvalue weighted by molar-refractivity contribution is 8.13. The van der Waals surface area contributed by atoms with E-state index in [1.807, 2.05) is 0 Å². The van der Waals surface area contributed by atoms with Crippen molar-refractivity contribution in [2.75, 3.05) is 13.2 Å². The van der Waals surface area contributed by atoms with E-state index in [0.717, 1.165) is 0 Å². The van der Waals surface area contributed by atoms with Gasteiger partial charge in [-0.1, -0.05) is 12.1 Å². The van der Waals surface area contributed by atoms with E-state index in [0.29, 0.717) is 31.6 Å². The summed E-state index contributed by atoms with van der Waals surface area (Å²) in [6, 6.07) is 5.60. The summed E-state index contributed by atoms with van der Waals surface area (Å²) in [7, 11) is 1.44. The molecule has 3 nitrogen and oxygen atoms in total. The smallest absolute Gasteiger partial charge is 0.261 e. The number of benzene rings is 1. The van der Waals surface area contributed by atoms with E-state index in [1.165, 1.54) is 24.3 Å². The highest BCUT2D eigenvalue weighted by Crippen LogP contribution is 2.36. The molecule has 2 rings (SSSR count). The molecule has 1 heterocycles. The average molecular weight is 279 g/mol. The molecular formula is C11H12ClFO3S. The van der Waals surface area contributed by atoms with Crippen LogP contribution in [0.4, 0.5) is 4.39 Å². The molecule has 0 saturated carbocycles. The number of halogens is 2. The molecule has 1 saturated heterocycles. The van der Waals surface area contributed by atoms with Gasteiger partial charge in [-0.15, -0.1) is 0 Å². The molecule has 94 valence electrons. The van der Waals surface area contributed by atoms with Crippen molar-refractivity contribution >= 4 is 19.7 Å². The maximum Gasteiger partial charge on any atom is 0.261 e. The molecule has 0 bridgehead atoms. The van der Waals surface area contributed by atoms with Crippen LogP contribution in [0.3, 0.4) is 0 Å². The molecule has 0 atom stereocenters. The fourth-order valence-electron chi connectivity index (χ4n) is 1.90. The summed E-state index contributed by atoms with van der Waals surface area (Å²) in [5.41, 5.74) is -0.947. The van der Waals surface area contributed by atoms with Crippen LogP contribution >= 0.6 is 10.7 Å². The molecule has 0 aromatic heterocycles. The molecule has 1 aromatic carbocycles. The second-order valence-corrected chi connectivity index (χ2v) is 6.61. The Hall–Kier alpha value is -0.650. The van der Waals surface area contributed by atoms with Crippen LogP contribution in [0.15, 0.2) is 29.2 Å². The van der Waals surface area contributed by atoms with Crippen molar-refractivity contribution in [1.29, 1.82) is 0 Å². The summed E-state index contributed by atoms with van der Waals surface area (Å²) in [4.78, 5) is -0.0152. The van der Waals surface area contributed by atoms with Gasteiger partial charge in [-0.2, -0.15) is 0 Å². The van der Waals surface area contributed by atoms with Crippen molar-refractivity contribution < 1.29 is 17.5 Å². The molecule has 0 amide bonds. The Balaban J connectivity index is 2.29. The zero-order valence-electron chi connectivity index (χ0n) is 9.03. The molecule has 1 aliphatic heterocycles. The Bertz CT molecular complexity index is 492. The van der Waals surface area contributed by atoms with Gasteiger partial charge in [0.05, 0.1) is 4.90 Å². The Labute approximate surface area is 104 Å². The third-order valence-electron chi connectivity index (χ3n) is 2.94. The quantitative estimate of drug-likeness (QED) is 0.781. The van der Waals surface area contributed by atoms with Crippen LogP contribution in [0, 0.1) is 0 Å². The fourth-order valence-corrected chi connectivity index (χ4v) is 2.67. The van der Waals surface area contributed by atoms with Gasteiger partial charge >= 0.3 is 0 Å².